The number of rotatable bonds is 6. The summed E-state index contributed by atoms with van der Waals surface area (Å²) in [7, 11) is 0. The number of hydrogen-bond acceptors (Lipinski definition) is 6. The number of thiophene rings is 1. The zero-order valence-electron chi connectivity index (χ0n) is 16.9. The molecule has 7 nitrogen and oxygen atoms in total. The molecule has 1 aliphatic heterocycles. The highest BCUT2D eigenvalue weighted by Crippen LogP contribution is 2.37. The number of benzene rings is 2. The average molecular weight is 472 g/mol. The molecule has 2 aromatic carbocycles. The molecule has 2 N–H and O–H groups in total. The van der Waals surface area contributed by atoms with Crippen LogP contribution >= 0.6 is 22.9 Å². The molecule has 2 amide bonds. The molecule has 0 fully saturated rings. The van der Waals surface area contributed by atoms with Gasteiger partial charge in [-0.1, -0.05) is 35.9 Å². The third-order valence-electron chi connectivity index (χ3n) is 5.20. The van der Waals surface area contributed by atoms with E-state index in [-0.39, 0.29) is 34.2 Å². The fourth-order valence-corrected chi connectivity index (χ4v) is 4.81. The summed E-state index contributed by atoms with van der Waals surface area (Å²) in [6.45, 7) is 1.68. The lowest BCUT2D eigenvalue weighted by Gasteiger charge is -2.27. The number of ether oxygens (including phenoxy) is 1. The second-order valence-corrected chi connectivity index (χ2v) is 8.50. The van der Waals surface area contributed by atoms with Crippen molar-refractivity contribution in [1.82, 2.24) is 0 Å². The van der Waals surface area contributed by atoms with E-state index in [2.05, 4.69) is 0 Å². The van der Waals surface area contributed by atoms with Crippen LogP contribution in [-0.4, -0.2) is 28.0 Å². The summed E-state index contributed by atoms with van der Waals surface area (Å²) >= 11 is 7.23. The van der Waals surface area contributed by atoms with Gasteiger partial charge in [0.15, 0.2) is 0 Å². The summed E-state index contributed by atoms with van der Waals surface area (Å²) < 4.78 is 6.01. The Labute approximate surface area is 192 Å². The molecule has 0 aliphatic carbocycles. The van der Waals surface area contributed by atoms with E-state index in [1.165, 1.54) is 17.5 Å². The van der Waals surface area contributed by atoms with Gasteiger partial charge >= 0.3 is 5.97 Å². The van der Waals surface area contributed by atoms with E-state index < -0.39 is 23.9 Å². The van der Waals surface area contributed by atoms with Gasteiger partial charge in [-0.25, -0.2) is 9.69 Å². The highest BCUT2D eigenvalue weighted by atomic mass is 35.5. The van der Waals surface area contributed by atoms with Gasteiger partial charge in [-0.15, -0.1) is 11.3 Å². The number of nitrogens with zero attached hydrogens (tertiary/aromatic N) is 1. The SMILES string of the molecule is CC(Oc1ccc(Cl)c(N2C(=O)Cc3csc(C(=O)O)c3C2=O)c1)c1ccccc1CO. The summed E-state index contributed by atoms with van der Waals surface area (Å²) in [6, 6.07) is 11.9. The van der Waals surface area contributed by atoms with E-state index in [0.717, 1.165) is 27.4 Å². The molecular formula is C23H18ClNO6S. The molecule has 0 saturated heterocycles. The van der Waals surface area contributed by atoms with Crippen LogP contribution in [0.25, 0.3) is 0 Å². The molecule has 0 bridgehead atoms. The van der Waals surface area contributed by atoms with Crippen LogP contribution in [0.3, 0.4) is 0 Å². The van der Waals surface area contributed by atoms with E-state index >= 15 is 0 Å². The van der Waals surface area contributed by atoms with Crippen LogP contribution in [0.15, 0.2) is 47.8 Å². The Morgan fingerprint density at radius 3 is 2.72 bits per heavy atom. The summed E-state index contributed by atoms with van der Waals surface area (Å²) in [5.41, 5.74) is 2.05. The van der Waals surface area contributed by atoms with Gasteiger partial charge in [-0.05, 0) is 41.1 Å². The summed E-state index contributed by atoms with van der Waals surface area (Å²) in [4.78, 5) is 38.2. The third-order valence-corrected chi connectivity index (χ3v) is 6.54. The maximum Gasteiger partial charge on any atom is 0.346 e. The standard InChI is InChI=1S/C23H18ClNO6S/c1-12(16-5-3-2-4-13(16)10-26)31-15-6-7-17(24)18(9-15)25-19(27)8-14-11-32-21(23(29)30)20(14)22(25)28/h2-7,9,11-12,26H,8,10H2,1H3,(H,29,30). The summed E-state index contributed by atoms with van der Waals surface area (Å²) in [5, 5.41) is 20.7. The molecule has 4 rings (SSSR count). The van der Waals surface area contributed by atoms with Crippen LogP contribution in [0.2, 0.25) is 5.02 Å². The number of carboxylic acid groups (broad SMARTS) is 1. The summed E-state index contributed by atoms with van der Waals surface area (Å²) in [6.07, 6.45) is -0.533. The van der Waals surface area contributed by atoms with Gasteiger partial charge in [0, 0.05) is 6.07 Å². The van der Waals surface area contributed by atoms with Gasteiger partial charge in [0.05, 0.1) is 29.3 Å². The van der Waals surface area contributed by atoms with E-state index in [9.17, 15) is 24.6 Å². The fourth-order valence-electron chi connectivity index (χ4n) is 3.71. The minimum Gasteiger partial charge on any atom is -0.486 e. The lowest BCUT2D eigenvalue weighted by atomic mass is 10.0. The maximum atomic E-state index is 13.1. The predicted molar refractivity (Wildman–Crippen MR) is 120 cm³/mol. The second-order valence-electron chi connectivity index (χ2n) is 7.21. The monoisotopic (exact) mass is 471 g/mol. The minimum atomic E-state index is -1.22. The largest absolute Gasteiger partial charge is 0.486 e. The van der Waals surface area contributed by atoms with Gasteiger partial charge in [-0.3, -0.25) is 9.59 Å². The number of imide groups is 1. The Balaban J connectivity index is 1.68. The number of aliphatic hydroxyl groups excluding tert-OH is 1. The maximum absolute atomic E-state index is 13.1. The Morgan fingerprint density at radius 1 is 1.25 bits per heavy atom. The number of carboxylic acids is 1. The van der Waals surface area contributed by atoms with E-state index in [1.807, 2.05) is 25.1 Å². The number of halogens is 1. The fraction of sp³-hybridized carbons (Fsp3) is 0.174. The number of carbonyl (C=O) groups excluding carboxylic acids is 2. The topological polar surface area (TPSA) is 104 Å². The van der Waals surface area contributed by atoms with Crippen molar-refractivity contribution in [3.05, 3.63) is 80.0 Å². The van der Waals surface area contributed by atoms with Crippen molar-refractivity contribution in [2.75, 3.05) is 4.90 Å². The van der Waals surface area contributed by atoms with E-state index in [1.54, 1.807) is 12.1 Å². The molecule has 0 saturated carbocycles. The molecule has 3 aromatic rings. The highest BCUT2D eigenvalue weighted by molar-refractivity contribution is 7.12. The molecule has 1 aliphatic rings. The lowest BCUT2D eigenvalue weighted by molar-refractivity contribution is -0.117. The van der Waals surface area contributed by atoms with Gasteiger partial charge in [-0.2, -0.15) is 0 Å². The lowest BCUT2D eigenvalue weighted by Crippen LogP contribution is -2.42. The summed E-state index contributed by atoms with van der Waals surface area (Å²) in [5.74, 6) is -2.10. The van der Waals surface area contributed by atoms with Gasteiger partial charge in [0.2, 0.25) is 5.91 Å². The average Bonchev–Trinajstić information content (AvgIpc) is 3.20. The number of aromatic carboxylic acids is 1. The second kappa shape index (κ2) is 8.74. The van der Waals surface area contributed by atoms with E-state index in [4.69, 9.17) is 16.3 Å². The Bertz CT molecular complexity index is 1240. The van der Waals surface area contributed by atoms with Gasteiger partial charge in [0.25, 0.3) is 5.91 Å². The predicted octanol–water partition coefficient (Wildman–Crippen LogP) is 4.46. The molecule has 0 spiro atoms. The number of carbonyl (C=O) groups is 3. The number of amides is 2. The first-order chi connectivity index (χ1) is 15.3. The normalized spacial score (nSPS) is 14.3. The van der Waals surface area contributed by atoms with Gasteiger partial charge in [0.1, 0.15) is 16.7 Å². The van der Waals surface area contributed by atoms with Crippen LogP contribution in [-0.2, 0) is 17.8 Å². The molecule has 1 atom stereocenters. The van der Waals surface area contributed by atoms with Crippen LogP contribution in [0.5, 0.6) is 5.75 Å². The zero-order valence-corrected chi connectivity index (χ0v) is 18.4. The Kier molecular flexibility index (Phi) is 6.01. The van der Waals surface area contributed by atoms with Crippen LogP contribution < -0.4 is 9.64 Å². The first-order valence-corrected chi connectivity index (χ1v) is 10.9. The molecule has 2 heterocycles. The number of anilines is 1. The van der Waals surface area contributed by atoms with Crippen molar-refractivity contribution in [1.29, 1.82) is 0 Å². The molecule has 1 aromatic heterocycles. The first kappa shape index (κ1) is 22.0. The number of aliphatic hydroxyl groups is 1. The Hall–Kier alpha value is -3.20. The van der Waals surface area contributed by atoms with Gasteiger partial charge < -0.3 is 14.9 Å². The quantitative estimate of drug-likeness (QED) is 0.514. The number of fused-ring (bicyclic) bond motifs is 1. The molecular weight excluding hydrogens is 454 g/mol. The molecule has 0 radical (unpaired) electrons. The number of hydrogen-bond donors (Lipinski definition) is 2. The van der Waals surface area contributed by atoms with Crippen molar-refractivity contribution in [3.8, 4) is 5.75 Å². The molecule has 1 unspecified atom stereocenters. The van der Waals surface area contributed by atoms with Crippen molar-refractivity contribution in [3.63, 3.8) is 0 Å². The van der Waals surface area contributed by atoms with Crippen molar-refractivity contribution < 1.29 is 29.3 Å². The zero-order chi connectivity index (χ0) is 23.0. The molecule has 32 heavy (non-hydrogen) atoms. The van der Waals surface area contributed by atoms with Crippen molar-refractivity contribution in [2.45, 2.75) is 26.1 Å². The third kappa shape index (κ3) is 3.88. The van der Waals surface area contributed by atoms with Crippen molar-refractivity contribution in [2.24, 2.45) is 0 Å². The first-order valence-electron chi connectivity index (χ1n) is 9.67. The highest BCUT2D eigenvalue weighted by Gasteiger charge is 2.37. The van der Waals surface area contributed by atoms with Crippen molar-refractivity contribution >= 4 is 46.4 Å². The molecule has 9 heteroatoms. The van der Waals surface area contributed by atoms with Crippen LogP contribution in [0.1, 0.15) is 49.7 Å². The molecule has 164 valence electrons. The van der Waals surface area contributed by atoms with Crippen LogP contribution in [0.4, 0.5) is 5.69 Å². The van der Waals surface area contributed by atoms with E-state index in [0.29, 0.717) is 11.3 Å². The van der Waals surface area contributed by atoms with Crippen LogP contribution in [0, 0.1) is 0 Å². The minimum absolute atomic E-state index is 0.00901. The smallest absolute Gasteiger partial charge is 0.346 e. The Morgan fingerprint density at radius 2 is 2.00 bits per heavy atom.